The molecule has 2 atom stereocenters. The standard InChI is InChI=1S/C19H21ClN2O2S/c20-18-8-6-15(7-9-18)10-21-11-17-12-22(13-19(17)21)25(23,24)14-16-4-2-1-3-5-16/h1-9,17,19H,10-14H2/t17-,19+/m0/s1. The van der Waals surface area contributed by atoms with Crippen molar-refractivity contribution in [2.45, 2.75) is 18.3 Å². The van der Waals surface area contributed by atoms with Crippen LogP contribution in [0, 0.1) is 5.92 Å². The van der Waals surface area contributed by atoms with Crippen LogP contribution in [0.5, 0.6) is 0 Å². The quantitative estimate of drug-likeness (QED) is 0.805. The van der Waals surface area contributed by atoms with Crippen LogP contribution in [0.4, 0.5) is 0 Å². The lowest BCUT2D eigenvalue weighted by Crippen LogP contribution is -2.54. The summed E-state index contributed by atoms with van der Waals surface area (Å²) in [4.78, 5) is 2.37. The topological polar surface area (TPSA) is 40.6 Å². The summed E-state index contributed by atoms with van der Waals surface area (Å²) in [5.74, 6) is 0.544. The summed E-state index contributed by atoms with van der Waals surface area (Å²) in [6, 6.07) is 17.6. The first kappa shape index (κ1) is 17.0. The number of likely N-dealkylation sites (tertiary alicyclic amines) is 1. The molecule has 2 saturated heterocycles. The van der Waals surface area contributed by atoms with Crippen molar-refractivity contribution in [2.75, 3.05) is 19.6 Å². The molecule has 2 heterocycles. The molecular formula is C19H21ClN2O2S. The molecule has 0 aliphatic carbocycles. The van der Waals surface area contributed by atoms with E-state index in [0.29, 0.717) is 25.0 Å². The number of fused-ring (bicyclic) bond motifs is 1. The van der Waals surface area contributed by atoms with Gasteiger partial charge in [0, 0.05) is 43.2 Å². The van der Waals surface area contributed by atoms with Gasteiger partial charge >= 0.3 is 0 Å². The van der Waals surface area contributed by atoms with Crippen LogP contribution in [-0.2, 0) is 22.3 Å². The minimum atomic E-state index is -3.25. The molecule has 2 aliphatic heterocycles. The molecule has 0 N–H and O–H groups in total. The zero-order valence-electron chi connectivity index (χ0n) is 13.9. The molecular weight excluding hydrogens is 356 g/mol. The average molecular weight is 377 g/mol. The molecule has 0 saturated carbocycles. The Balaban J connectivity index is 1.39. The van der Waals surface area contributed by atoms with E-state index in [-0.39, 0.29) is 5.75 Å². The summed E-state index contributed by atoms with van der Waals surface area (Å²) in [6.45, 7) is 3.07. The van der Waals surface area contributed by atoms with Gasteiger partial charge in [0.1, 0.15) is 0 Å². The first-order valence-electron chi connectivity index (χ1n) is 8.51. The predicted octanol–water partition coefficient (Wildman–Crippen LogP) is 2.99. The average Bonchev–Trinajstić information content (AvgIpc) is 2.93. The van der Waals surface area contributed by atoms with E-state index < -0.39 is 10.0 Å². The first-order chi connectivity index (χ1) is 12.0. The first-order valence-corrected chi connectivity index (χ1v) is 10.5. The number of halogens is 1. The molecule has 0 spiro atoms. The number of benzene rings is 2. The minimum Gasteiger partial charge on any atom is -0.294 e. The van der Waals surface area contributed by atoms with Gasteiger partial charge < -0.3 is 0 Å². The van der Waals surface area contributed by atoms with Crippen molar-refractivity contribution < 1.29 is 8.42 Å². The third-order valence-corrected chi connectivity index (χ3v) is 7.23. The van der Waals surface area contributed by atoms with Gasteiger partial charge in [-0.15, -0.1) is 0 Å². The summed E-state index contributed by atoms with van der Waals surface area (Å²) < 4.78 is 27.1. The Morgan fingerprint density at radius 1 is 0.920 bits per heavy atom. The monoisotopic (exact) mass is 376 g/mol. The van der Waals surface area contributed by atoms with Crippen molar-refractivity contribution >= 4 is 21.6 Å². The minimum absolute atomic E-state index is 0.0878. The second kappa shape index (κ2) is 6.72. The molecule has 132 valence electrons. The molecule has 0 radical (unpaired) electrons. The molecule has 2 aromatic rings. The molecule has 0 aromatic heterocycles. The number of nitrogens with zero attached hydrogens (tertiary/aromatic N) is 2. The smallest absolute Gasteiger partial charge is 0.218 e. The van der Waals surface area contributed by atoms with Gasteiger partial charge in [0.15, 0.2) is 0 Å². The van der Waals surface area contributed by atoms with Crippen LogP contribution in [-0.4, -0.2) is 43.3 Å². The predicted molar refractivity (Wildman–Crippen MR) is 99.8 cm³/mol. The summed E-state index contributed by atoms with van der Waals surface area (Å²) >= 11 is 5.93. The summed E-state index contributed by atoms with van der Waals surface area (Å²) in [7, 11) is -3.25. The van der Waals surface area contributed by atoms with Gasteiger partial charge in [0.2, 0.25) is 10.0 Å². The van der Waals surface area contributed by atoms with Crippen LogP contribution in [0.1, 0.15) is 11.1 Å². The second-order valence-electron chi connectivity index (χ2n) is 6.94. The van der Waals surface area contributed by atoms with Crippen LogP contribution in [0.25, 0.3) is 0 Å². The van der Waals surface area contributed by atoms with E-state index in [9.17, 15) is 8.42 Å². The molecule has 0 bridgehead atoms. The van der Waals surface area contributed by atoms with Crippen molar-refractivity contribution in [3.63, 3.8) is 0 Å². The van der Waals surface area contributed by atoms with E-state index in [4.69, 9.17) is 11.6 Å². The molecule has 0 amide bonds. The molecule has 4 nitrogen and oxygen atoms in total. The number of hydrogen-bond donors (Lipinski definition) is 0. The van der Waals surface area contributed by atoms with Crippen molar-refractivity contribution in [3.8, 4) is 0 Å². The van der Waals surface area contributed by atoms with E-state index in [2.05, 4.69) is 4.90 Å². The van der Waals surface area contributed by atoms with E-state index in [1.54, 1.807) is 4.31 Å². The van der Waals surface area contributed by atoms with Gasteiger partial charge in [-0.3, -0.25) is 4.90 Å². The van der Waals surface area contributed by atoms with Gasteiger partial charge in [0.05, 0.1) is 5.75 Å². The van der Waals surface area contributed by atoms with Crippen LogP contribution in [0.2, 0.25) is 5.02 Å². The zero-order valence-corrected chi connectivity index (χ0v) is 15.5. The highest BCUT2D eigenvalue weighted by atomic mass is 35.5. The number of rotatable bonds is 5. The van der Waals surface area contributed by atoms with Gasteiger partial charge in [-0.2, -0.15) is 4.31 Å². The lowest BCUT2D eigenvalue weighted by Gasteiger charge is -2.43. The SMILES string of the molecule is O=S(=O)(Cc1ccccc1)N1C[C@@H]2CN(Cc3ccc(Cl)cc3)[C@@H]2C1. The molecule has 25 heavy (non-hydrogen) atoms. The number of hydrogen-bond acceptors (Lipinski definition) is 3. The third kappa shape index (κ3) is 3.60. The van der Waals surface area contributed by atoms with Crippen LogP contribution < -0.4 is 0 Å². The second-order valence-corrected chi connectivity index (χ2v) is 9.35. The fourth-order valence-electron chi connectivity index (χ4n) is 3.82. The highest BCUT2D eigenvalue weighted by Gasteiger charge is 2.48. The third-order valence-electron chi connectivity index (χ3n) is 5.20. The maximum atomic E-state index is 12.7. The largest absolute Gasteiger partial charge is 0.294 e. The Hall–Kier alpha value is -1.40. The lowest BCUT2D eigenvalue weighted by atomic mass is 9.91. The number of sulfonamides is 1. The zero-order chi connectivity index (χ0) is 17.4. The maximum Gasteiger partial charge on any atom is 0.218 e. The Morgan fingerprint density at radius 3 is 2.36 bits per heavy atom. The molecule has 4 rings (SSSR count). The Morgan fingerprint density at radius 2 is 1.64 bits per heavy atom. The van der Waals surface area contributed by atoms with E-state index in [0.717, 1.165) is 23.7 Å². The highest BCUT2D eigenvalue weighted by molar-refractivity contribution is 7.88. The van der Waals surface area contributed by atoms with E-state index in [1.807, 2.05) is 54.6 Å². The molecule has 0 unspecified atom stereocenters. The summed E-state index contributed by atoms with van der Waals surface area (Å²) in [6.07, 6.45) is 0. The highest BCUT2D eigenvalue weighted by Crippen LogP contribution is 2.35. The molecule has 2 aromatic carbocycles. The Kier molecular flexibility index (Phi) is 4.58. The Bertz CT molecular complexity index is 839. The van der Waals surface area contributed by atoms with Crippen LogP contribution in [0.15, 0.2) is 54.6 Å². The lowest BCUT2D eigenvalue weighted by molar-refractivity contribution is 0.0435. The normalized spacial score (nSPS) is 24.0. The van der Waals surface area contributed by atoms with Crippen molar-refractivity contribution in [2.24, 2.45) is 5.92 Å². The van der Waals surface area contributed by atoms with E-state index in [1.165, 1.54) is 5.56 Å². The molecule has 2 aliphatic rings. The van der Waals surface area contributed by atoms with E-state index >= 15 is 0 Å². The van der Waals surface area contributed by atoms with Gasteiger partial charge in [0.25, 0.3) is 0 Å². The fraction of sp³-hybridized carbons (Fsp3) is 0.368. The summed E-state index contributed by atoms with van der Waals surface area (Å²) in [5, 5.41) is 0.740. The van der Waals surface area contributed by atoms with Gasteiger partial charge in [-0.05, 0) is 23.3 Å². The van der Waals surface area contributed by atoms with Crippen LogP contribution in [0.3, 0.4) is 0 Å². The van der Waals surface area contributed by atoms with Crippen LogP contribution >= 0.6 is 11.6 Å². The van der Waals surface area contributed by atoms with Crippen molar-refractivity contribution in [3.05, 3.63) is 70.7 Å². The maximum absolute atomic E-state index is 12.7. The van der Waals surface area contributed by atoms with Crippen molar-refractivity contribution in [1.29, 1.82) is 0 Å². The Labute approximate surface area is 154 Å². The van der Waals surface area contributed by atoms with Gasteiger partial charge in [-0.1, -0.05) is 54.1 Å². The fourth-order valence-corrected chi connectivity index (χ4v) is 5.54. The van der Waals surface area contributed by atoms with Crippen molar-refractivity contribution in [1.82, 2.24) is 9.21 Å². The summed E-state index contributed by atoms with van der Waals surface area (Å²) in [5.41, 5.74) is 2.06. The van der Waals surface area contributed by atoms with Gasteiger partial charge in [-0.25, -0.2) is 8.42 Å². The molecule has 2 fully saturated rings. The molecule has 6 heteroatoms.